The standard InChI is InChI=1S/C18H14ClFN6O/c1-9(2)3-10-17(20)16(19)15(11-4-23-25-18(10)11)12-6-26-7-13(22-8-27)24-14(26)5-21-12/h3-8H,1-2H3,(H,22,27)(H,23,25). The van der Waals surface area contributed by atoms with Gasteiger partial charge in [0.15, 0.2) is 17.3 Å². The Morgan fingerprint density at radius 3 is 2.89 bits per heavy atom. The lowest BCUT2D eigenvalue weighted by Crippen LogP contribution is -1.96. The fraction of sp³-hybridized carbons (Fsp3) is 0.111. The molecule has 0 bridgehead atoms. The zero-order valence-corrected chi connectivity index (χ0v) is 15.2. The number of hydrogen-bond acceptors (Lipinski definition) is 4. The van der Waals surface area contributed by atoms with E-state index in [1.165, 1.54) is 6.20 Å². The number of H-pyrrole nitrogens is 1. The number of aromatic amines is 1. The molecule has 0 saturated heterocycles. The molecule has 0 atom stereocenters. The van der Waals surface area contributed by atoms with Crippen molar-refractivity contribution < 1.29 is 9.18 Å². The maximum Gasteiger partial charge on any atom is 0.212 e. The maximum atomic E-state index is 15.0. The number of rotatable bonds is 4. The minimum atomic E-state index is -0.541. The summed E-state index contributed by atoms with van der Waals surface area (Å²) in [5.41, 5.74) is 3.26. The van der Waals surface area contributed by atoms with Crippen LogP contribution in [0.2, 0.25) is 5.02 Å². The molecule has 0 unspecified atom stereocenters. The van der Waals surface area contributed by atoms with Gasteiger partial charge in [0.25, 0.3) is 0 Å². The first-order chi connectivity index (χ1) is 13.0. The lowest BCUT2D eigenvalue weighted by molar-refractivity contribution is -0.105. The molecule has 1 amide bonds. The highest BCUT2D eigenvalue weighted by atomic mass is 35.5. The molecule has 0 aliphatic heterocycles. The summed E-state index contributed by atoms with van der Waals surface area (Å²) in [6.45, 7) is 3.76. The van der Waals surface area contributed by atoms with E-state index in [-0.39, 0.29) is 5.02 Å². The van der Waals surface area contributed by atoms with Crippen molar-refractivity contribution in [3.63, 3.8) is 0 Å². The van der Waals surface area contributed by atoms with Gasteiger partial charge in [-0.15, -0.1) is 0 Å². The third kappa shape index (κ3) is 2.83. The molecule has 0 aliphatic carbocycles. The minimum Gasteiger partial charge on any atom is -0.312 e. The number of nitrogens with one attached hydrogen (secondary N) is 2. The number of allylic oxidation sites excluding steroid dienone is 1. The fourth-order valence-electron chi connectivity index (χ4n) is 2.97. The van der Waals surface area contributed by atoms with E-state index in [2.05, 4.69) is 25.5 Å². The van der Waals surface area contributed by atoms with Gasteiger partial charge in [-0.1, -0.05) is 23.3 Å². The van der Waals surface area contributed by atoms with E-state index < -0.39 is 5.82 Å². The number of carbonyl (C=O) groups excluding carboxylic acids is 1. The molecule has 0 aliphatic rings. The predicted molar refractivity (Wildman–Crippen MR) is 102 cm³/mol. The Bertz CT molecular complexity index is 1220. The van der Waals surface area contributed by atoms with Crippen LogP contribution in [0.4, 0.5) is 10.2 Å². The molecule has 3 heterocycles. The van der Waals surface area contributed by atoms with Crippen molar-refractivity contribution >= 4 is 46.5 Å². The van der Waals surface area contributed by atoms with E-state index in [9.17, 15) is 4.79 Å². The number of anilines is 1. The second-order valence-corrected chi connectivity index (χ2v) is 6.60. The Balaban J connectivity index is 1.98. The van der Waals surface area contributed by atoms with Crippen LogP contribution >= 0.6 is 11.6 Å². The van der Waals surface area contributed by atoms with Crippen LogP contribution in [-0.4, -0.2) is 31.0 Å². The highest BCUT2D eigenvalue weighted by Gasteiger charge is 2.21. The first-order valence-electron chi connectivity index (χ1n) is 8.04. The first-order valence-corrected chi connectivity index (χ1v) is 8.41. The SMILES string of the molecule is CC(C)=Cc1c(F)c(Cl)c(-c2cn3cc(NC=O)nc3cn2)c2cn[nH]c12. The summed E-state index contributed by atoms with van der Waals surface area (Å²) < 4.78 is 16.7. The summed E-state index contributed by atoms with van der Waals surface area (Å²) in [6, 6.07) is 0. The van der Waals surface area contributed by atoms with Gasteiger partial charge >= 0.3 is 0 Å². The van der Waals surface area contributed by atoms with E-state index in [1.807, 2.05) is 13.8 Å². The Labute approximate surface area is 157 Å². The lowest BCUT2D eigenvalue weighted by Gasteiger charge is -2.10. The molecule has 27 heavy (non-hydrogen) atoms. The number of carbonyl (C=O) groups is 1. The van der Waals surface area contributed by atoms with Crippen LogP contribution in [0, 0.1) is 5.82 Å². The van der Waals surface area contributed by atoms with Crippen molar-refractivity contribution in [2.24, 2.45) is 0 Å². The summed E-state index contributed by atoms with van der Waals surface area (Å²) in [7, 11) is 0. The summed E-state index contributed by atoms with van der Waals surface area (Å²) in [4.78, 5) is 19.2. The van der Waals surface area contributed by atoms with Crippen molar-refractivity contribution in [1.29, 1.82) is 0 Å². The van der Waals surface area contributed by atoms with E-state index in [4.69, 9.17) is 11.6 Å². The number of benzene rings is 1. The molecule has 1 aromatic carbocycles. The number of hydrogen-bond donors (Lipinski definition) is 2. The van der Waals surface area contributed by atoms with E-state index in [0.29, 0.717) is 45.6 Å². The molecule has 0 saturated carbocycles. The van der Waals surface area contributed by atoms with Gasteiger partial charge in [-0.2, -0.15) is 5.10 Å². The van der Waals surface area contributed by atoms with Gasteiger partial charge in [-0.05, 0) is 13.8 Å². The molecule has 9 heteroatoms. The van der Waals surface area contributed by atoms with Gasteiger partial charge in [0.05, 0.1) is 34.8 Å². The highest BCUT2D eigenvalue weighted by molar-refractivity contribution is 6.35. The molecule has 3 aromatic heterocycles. The highest BCUT2D eigenvalue weighted by Crippen LogP contribution is 2.39. The molecular weight excluding hydrogens is 371 g/mol. The summed E-state index contributed by atoms with van der Waals surface area (Å²) in [6.07, 6.45) is 8.68. The molecule has 2 N–H and O–H groups in total. The number of fused-ring (bicyclic) bond motifs is 2. The maximum absolute atomic E-state index is 15.0. The number of amides is 1. The summed E-state index contributed by atoms with van der Waals surface area (Å²) in [5.74, 6) is -0.158. The number of imidazole rings is 1. The minimum absolute atomic E-state index is 0.0328. The van der Waals surface area contributed by atoms with E-state index >= 15 is 4.39 Å². The van der Waals surface area contributed by atoms with Crippen molar-refractivity contribution in [2.45, 2.75) is 13.8 Å². The Morgan fingerprint density at radius 2 is 2.15 bits per heavy atom. The fourth-order valence-corrected chi connectivity index (χ4v) is 3.27. The molecular formula is C18H14ClFN6O. The third-order valence-corrected chi connectivity index (χ3v) is 4.42. The van der Waals surface area contributed by atoms with Gasteiger partial charge in [-0.3, -0.25) is 14.9 Å². The first kappa shape index (κ1) is 17.2. The second kappa shape index (κ2) is 6.48. The van der Waals surface area contributed by atoms with Crippen LogP contribution in [0.3, 0.4) is 0 Å². The molecule has 0 spiro atoms. The predicted octanol–water partition coefficient (Wildman–Crippen LogP) is 4.06. The van der Waals surface area contributed by atoms with Gasteiger partial charge in [0.1, 0.15) is 0 Å². The quantitative estimate of drug-likeness (QED) is 0.519. The molecule has 7 nitrogen and oxygen atoms in total. The van der Waals surface area contributed by atoms with E-state index in [1.54, 1.807) is 29.1 Å². The average Bonchev–Trinajstić information content (AvgIpc) is 3.25. The lowest BCUT2D eigenvalue weighted by atomic mass is 10.0. The molecule has 136 valence electrons. The van der Waals surface area contributed by atoms with Gasteiger partial charge in [-0.25, -0.2) is 9.37 Å². The van der Waals surface area contributed by atoms with Gasteiger partial charge in [0.2, 0.25) is 6.41 Å². The van der Waals surface area contributed by atoms with Crippen molar-refractivity contribution in [3.8, 4) is 11.3 Å². The average molecular weight is 385 g/mol. The van der Waals surface area contributed by atoms with Gasteiger partial charge in [0, 0.05) is 22.7 Å². The van der Waals surface area contributed by atoms with Crippen LogP contribution in [0.25, 0.3) is 33.9 Å². The summed E-state index contributed by atoms with van der Waals surface area (Å²) >= 11 is 6.39. The van der Waals surface area contributed by atoms with E-state index in [0.717, 1.165) is 5.57 Å². The van der Waals surface area contributed by atoms with Crippen LogP contribution in [0.1, 0.15) is 19.4 Å². The number of nitrogens with zero attached hydrogens (tertiary/aromatic N) is 4. The molecule has 4 rings (SSSR count). The number of halogens is 2. The topological polar surface area (TPSA) is 88.0 Å². The van der Waals surface area contributed by atoms with Crippen molar-refractivity contribution in [3.05, 3.63) is 46.8 Å². The van der Waals surface area contributed by atoms with Crippen molar-refractivity contribution in [2.75, 3.05) is 5.32 Å². The Kier molecular flexibility index (Phi) is 4.12. The summed E-state index contributed by atoms with van der Waals surface area (Å²) in [5, 5.41) is 10.0. The Morgan fingerprint density at radius 1 is 1.33 bits per heavy atom. The van der Waals surface area contributed by atoms with Crippen LogP contribution in [-0.2, 0) is 4.79 Å². The van der Waals surface area contributed by atoms with Gasteiger partial charge < -0.3 is 9.72 Å². The van der Waals surface area contributed by atoms with Crippen molar-refractivity contribution in [1.82, 2.24) is 24.6 Å². The normalized spacial score (nSPS) is 11.1. The number of aromatic nitrogens is 5. The smallest absolute Gasteiger partial charge is 0.212 e. The Hall–Kier alpha value is -3.26. The van der Waals surface area contributed by atoms with Crippen LogP contribution in [0.15, 0.2) is 30.4 Å². The zero-order chi connectivity index (χ0) is 19.1. The third-order valence-electron chi connectivity index (χ3n) is 4.06. The molecule has 4 aromatic rings. The molecule has 0 fully saturated rings. The van der Waals surface area contributed by atoms with Crippen LogP contribution < -0.4 is 5.32 Å². The monoisotopic (exact) mass is 384 g/mol. The zero-order valence-electron chi connectivity index (χ0n) is 14.4. The van der Waals surface area contributed by atoms with Crippen LogP contribution in [0.5, 0.6) is 0 Å². The molecule has 0 radical (unpaired) electrons. The second-order valence-electron chi connectivity index (χ2n) is 6.22. The largest absolute Gasteiger partial charge is 0.312 e.